The van der Waals surface area contributed by atoms with Crippen LogP contribution in [0.25, 0.3) is 102 Å². The number of rotatable bonds is 6. The molecule has 0 aliphatic heterocycles. The molecule has 0 aliphatic rings. The Balaban J connectivity index is 0.980. The van der Waals surface area contributed by atoms with Crippen molar-refractivity contribution in [2.75, 3.05) is 9.80 Å². The van der Waals surface area contributed by atoms with Crippen molar-refractivity contribution in [2.24, 2.45) is 0 Å². The van der Waals surface area contributed by atoms with E-state index >= 15 is 0 Å². The summed E-state index contributed by atoms with van der Waals surface area (Å²) in [6.45, 7) is 2.25. The molecule has 11 aromatic carbocycles. The summed E-state index contributed by atoms with van der Waals surface area (Å²) in [6, 6.07) is 80.1. The molecule has 0 saturated carbocycles. The zero-order chi connectivity index (χ0) is 44.6. The Morgan fingerprint density at radius 2 is 1.00 bits per heavy atom. The number of pyridine rings is 1. The Labute approximate surface area is 394 Å². The van der Waals surface area contributed by atoms with Gasteiger partial charge in [0.15, 0.2) is 0 Å². The zero-order valence-corrected chi connectivity index (χ0v) is 37.8. The second-order valence-electron chi connectivity index (χ2n) is 18.1. The van der Waals surface area contributed by atoms with Gasteiger partial charge < -0.3 is 18.6 Å². The molecule has 0 saturated heterocycles. The number of thiophene rings is 1. The summed E-state index contributed by atoms with van der Waals surface area (Å²) in [5.74, 6) is 0. The van der Waals surface area contributed by atoms with Crippen molar-refractivity contribution >= 4 is 147 Å². The van der Waals surface area contributed by atoms with E-state index in [9.17, 15) is 0 Å². The number of hydrogen-bond acceptors (Lipinski definition) is 4. The molecule has 0 aliphatic carbocycles. The van der Waals surface area contributed by atoms with E-state index in [0.29, 0.717) is 0 Å². The van der Waals surface area contributed by atoms with Gasteiger partial charge in [0, 0.05) is 87.0 Å². The third-order valence-corrected chi connectivity index (χ3v) is 15.5. The number of nitrogens with zero attached hydrogens (tertiary/aromatic N) is 3. The number of benzene rings is 11. The fourth-order valence-electron chi connectivity index (χ4n) is 11.4. The summed E-state index contributed by atoms with van der Waals surface area (Å²) in [4.78, 5) is 4.86. The van der Waals surface area contributed by atoms with Crippen LogP contribution in [0, 0.1) is 6.92 Å². The summed E-state index contributed by atoms with van der Waals surface area (Å²) in [5, 5.41) is 14.9. The van der Waals surface area contributed by atoms with Crippen molar-refractivity contribution in [1.82, 2.24) is 4.40 Å². The Hall–Kier alpha value is -8.64. The van der Waals surface area contributed by atoms with Gasteiger partial charge in [-0.15, -0.1) is 11.3 Å². The van der Waals surface area contributed by atoms with E-state index in [2.05, 4.69) is 233 Å². The van der Waals surface area contributed by atoms with Crippen LogP contribution in [-0.4, -0.2) is 4.40 Å². The second-order valence-corrected chi connectivity index (χ2v) is 19.2. The predicted molar refractivity (Wildman–Crippen MR) is 290 cm³/mol. The standard InChI is InChI=1S/C63H39N3OS/c1-38-35-42(28-32-53(38)64(41-15-3-2-4-16-41)43-29-34-58-52(36-43)61-45-17-6-5-13-39(45)26-33-59(61)68-58)65(44-27-31-48-47-19-8-10-24-56(47)67-57(48)37-44)55-23-12-21-50-51-30-25-40-14-11-20-49-46-18-7-9-22-54(46)66(62(50)55)63(51)60(40)49/h2-37H,1H3. The number of aryl methyl sites for hydroxylation is 1. The lowest BCUT2D eigenvalue weighted by Gasteiger charge is -2.30. The van der Waals surface area contributed by atoms with Gasteiger partial charge >= 0.3 is 0 Å². The van der Waals surface area contributed by atoms with Crippen LogP contribution in [-0.2, 0) is 0 Å². The monoisotopic (exact) mass is 885 g/mol. The molecule has 15 aromatic rings. The molecule has 68 heavy (non-hydrogen) atoms. The molecule has 0 spiro atoms. The van der Waals surface area contributed by atoms with Crippen molar-refractivity contribution in [3.63, 3.8) is 0 Å². The van der Waals surface area contributed by atoms with Crippen molar-refractivity contribution in [1.29, 1.82) is 0 Å². The molecule has 0 bridgehead atoms. The van der Waals surface area contributed by atoms with Crippen molar-refractivity contribution in [3.05, 3.63) is 224 Å². The molecule has 4 aromatic heterocycles. The minimum absolute atomic E-state index is 0.858. The molecule has 318 valence electrons. The van der Waals surface area contributed by atoms with E-state index < -0.39 is 0 Å². The highest BCUT2D eigenvalue weighted by Crippen LogP contribution is 2.49. The number of fused-ring (bicyclic) bond motifs is 14. The highest BCUT2D eigenvalue weighted by atomic mass is 32.1. The molecule has 0 atom stereocenters. The lowest BCUT2D eigenvalue weighted by Crippen LogP contribution is -2.14. The molecule has 5 heteroatoms. The molecule has 0 amide bonds. The predicted octanol–water partition coefficient (Wildman–Crippen LogP) is 18.7. The molecule has 0 unspecified atom stereocenters. The number of furan rings is 1. The van der Waals surface area contributed by atoms with E-state index in [1.807, 2.05) is 17.4 Å². The lowest BCUT2D eigenvalue weighted by atomic mass is 9.99. The van der Waals surface area contributed by atoms with Gasteiger partial charge in [-0.25, -0.2) is 0 Å². The van der Waals surface area contributed by atoms with Gasteiger partial charge in [-0.3, -0.25) is 0 Å². The number of para-hydroxylation sites is 4. The van der Waals surface area contributed by atoms with Crippen molar-refractivity contribution < 1.29 is 4.42 Å². The van der Waals surface area contributed by atoms with Crippen LogP contribution in [0.1, 0.15) is 5.56 Å². The van der Waals surface area contributed by atoms with Crippen molar-refractivity contribution in [2.45, 2.75) is 6.92 Å². The van der Waals surface area contributed by atoms with Gasteiger partial charge in [0.25, 0.3) is 0 Å². The number of anilines is 6. The molecule has 0 N–H and O–H groups in total. The van der Waals surface area contributed by atoms with Crippen LogP contribution >= 0.6 is 11.3 Å². The second kappa shape index (κ2) is 14.2. The van der Waals surface area contributed by atoms with E-state index in [1.165, 1.54) is 74.3 Å². The number of aromatic nitrogens is 1. The summed E-state index contributed by atoms with van der Waals surface area (Å²) in [6.07, 6.45) is 0. The fourth-order valence-corrected chi connectivity index (χ4v) is 12.5. The summed E-state index contributed by atoms with van der Waals surface area (Å²) < 4.78 is 11.7. The highest BCUT2D eigenvalue weighted by Gasteiger charge is 2.25. The maximum Gasteiger partial charge on any atom is 0.137 e. The fraction of sp³-hybridized carbons (Fsp3) is 0.0159. The number of hydrogen-bond donors (Lipinski definition) is 0. The Bertz CT molecular complexity index is 4540. The van der Waals surface area contributed by atoms with Crippen LogP contribution in [0.3, 0.4) is 0 Å². The third-order valence-electron chi connectivity index (χ3n) is 14.4. The van der Waals surface area contributed by atoms with Crippen LogP contribution in [0.4, 0.5) is 34.1 Å². The lowest BCUT2D eigenvalue weighted by molar-refractivity contribution is 0.669. The van der Waals surface area contributed by atoms with Gasteiger partial charge in [0.1, 0.15) is 11.2 Å². The van der Waals surface area contributed by atoms with E-state index in [1.54, 1.807) is 0 Å². The average molecular weight is 886 g/mol. The topological polar surface area (TPSA) is 24.0 Å². The van der Waals surface area contributed by atoms with Crippen LogP contribution in [0.5, 0.6) is 0 Å². The molecular formula is C63H39N3OS. The first-order valence-electron chi connectivity index (χ1n) is 23.2. The first kappa shape index (κ1) is 37.6. The Morgan fingerprint density at radius 1 is 0.368 bits per heavy atom. The minimum Gasteiger partial charge on any atom is -0.456 e. The molecule has 4 heterocycles. The maximum absolute atomic E-state index is 6.61. The summed E-state index contributed by atoms with van der Waals surface area (Å²) >= 11 is 1.87. The average Bonchev–Trinajstić information content (AvgIpc) is 4.07. The third kappa shape index (κ3) is 5.30. The Kier molecular flexibility index (Phi) is 7.83. The molecule has 15 rings (SSSR count). The zero-order valence-electron chi connectivity index (χ0n) is 36.9. The van der Waals surface area contributed by atoms with Crippen LogP contribution in [0.15, 0.2) is 223 Å². The molecular weight excluding hydrogens is 847 g/mol. The molecule has 0 fully saturated rings. The summed E-state index contributed by atoms with van der Waals surface area (Å²) in [5.41, 5.74) is 13.0. The SMILES string of the molecule is Cc1cc(N(c2ccc3c(c2)oc2ccccc23)c2cccc3c4ccc5cccc6c7ccccc7n(c23)c4c56)ccc1N(c1ccccc1)c1ccc2sc3ccc4ccccc4c3c2c1. The Morgan fingerprint density at radius 3 is 1.91 bits per heavy atom. The van der Waals surface area contributed by atoms with Gasteiger partial charge in [-0.05, 0) is 119 Å². The van der Waals surface area contributed by atoms with Crippen LogP contribution < -0.4 is 9.80 Å². The smallest absolute Gasteiger partial charge is 0.137 e. The van der Waals surface area contributed by atoms with Gasteiger partial charge in [0.2, 0.25) is 0 Å². The van der Waals surface area contributed by atoms with Gasteiger partial charge in [0.05, 0.1) is 22.2 Å². The maximum atomic E-state index is 6.61. The minimum atomic E-state index is 0.858. The van der Waals surface area contributed by atoms with E-state index in [4.69, 9.17) is 4.42 Å². The largest absolute Gasteiger partial charge is 0.456 e. The first-order valence-corrected chi connectivity index (χ1v) is 24.1. The van der Waals surface area contributed by atoms with Gasteiger partial charge in [-0.1, -0.05) is 127 Å². The molecule has 0 radical (unpaired) electrons. The quantitative estimate of drug-likeness (QED) is 0.123. The summed E-state index contributed by atoms with van der Waals surface area (Å²) in [7, 11) is 0. The van der Waals surface area contributed by atoms with Gasteiger partial charge in [-0.2, -0.15) is 0 Å². The van der Waals surface area contributed by atoms with E-state index in [0.717, 1.165) is 67.1 Å². The first-order chi connectivity index (χ1) is 33.6. The van der Waals surface area contributed by atoms with Crippen molar-refractivity contribution in [3.8, 4) is 0 Å². The van der Waals surface area contributed by atoms with E-state index in [-0.39, 0.29) is 0 Å². The van der Waals surface area contributed by atoms with Crippen LogP contribution in [0.2, 0.25) is 0 Å². The highest BCUT2D eigenvalue weighted by molar-refractivity contribution is 7.26. The normalized spacial score (nSPS) is 12.2. The molecule has 4 nitrogen and oxygen atoms in total.